The molecule has 0 aliphatic carbocycles. The van der Waals surface area contributed by atoms with Gasteiger partial charge >= 0.3 is 0 Å². The van der Waals surface area contributed by atoms with Gasteiger partial charge in [0.2, 0.25) is 0 Å². The van der Waals surface area contributed by atoms with Gasteiger partial charge in [0.25, 0.3) is 0 Å². The van der Waals surface area contributed by atoms with Crippen molar-refractivity contribution in [3.8, 4) is 5.75 Å². The molecule has 0 saturated heterocycles. The molecule has 21 heavy (non-hydrogen) atoms. The van der Waals surface area contributed by atoms with Crippen LogP contribution in [0, 0.1) is 0 Å². The summed E-state index contributed by atoms with van der Waals surface area (Å²) in [6.07, 6.45) is 1.19. The Morgan fingerprint density at radius 1 is 1.10 bits per heavy atom. The maximum absolute atomic E-state index is 11.4. The molecule has 2 rings (SSSR count). The first-order chi connectivity index (χ1) is 9.88. The van der Waals surface area contributed by atoms with E-state index < -0.39 is 9.84 Å². The quantitative estimate of drug-likeness (QED) is 0.850. The number of benzene rings is 2. The highest BCUT2D eigenvalue weighted by Gasteiger charge is 2.07. The lowest BCUT2D eigenvalue weighted by Crippen LogP contribution is -2.13. The Bertz CT molecular complexity index is 727. The highest BCUT2D eigenvalue weighted by Crippen LogP contribution is 2.27. The molecule has 0 radical (unpaired) electrons. The van der Waals surface area contributed by atoms with Crippen molar-refractivity contribution in [2.75, 3.05) is 6.26 Å². The van der Waals surface area contributed by atoms with Crippen molar-refractivity contribution >= 4 is 25.8 Å². The fourth-order valence-electron chi connectivity index (χ4n) is 1.90. The van der Waals surface area contributed by atoms with Crippen LogP contribution in [0.3, 0.4) is 0 Å². The zero-order valence-electron chi connectivity index (χ0n) is 11.5. The molecule has 0 atom stereocenters. The third kappa shape index (κ3) is 4.30. The van der Waals surface area contributed by atoms with E-state index in [-0.39, 0.29) is 5.75 Å². The molecule has 2 aromatic carbocycles. The maximum Gasteiger partial charge on any atom is 0.175 e. The van der Waals surface area contributed by atoms with Crippen LogP contribution in [0.25, 0.3) is 0 Å². The number of aromatic hydroxyl groups is 1. The predicted molar refractivity (Wildman–Crippen MR) is 85.9 cm³/mol. The van der Waals surface area contributed by atoms with Crippen molar-refractivity contribution < 1.29 is 13.5 Å². The van der Waals surface area contributed by atoms with E-state index in [4.69, 9.17) is 0 Å². The fourth-order valence-corrected chi connectivity index (χ4v) is 2.94. The molecule has 0 spiro atoms. The lowest BCUT2D eigenvalue weighted by atomic mass is 10.2. The van der Waals surface area contributed by atoms with Crippen LogP contribution in [0.5, 0.6) is 5.75 Å². The second kappa shape index (κ2) is 6.60. The average Bonchev–Trinajstić information content (AvgIpc) is 2.43. The van der Waals surface area contributed by atoms with Crippen LogP contribution in [0.4, 0.5) is 0 Å². The van der Waals surface area contributed by atoms with Gasteiger partial charge in [0, 0.05) is 24.9 Å². The molecule has 2 N–H and O–H groups in total. The van der Waals surface area contributed by atoms with Crippen LogP contribution in [-0.4, -0.2) is 19.8 Å². The average molecular weight is 370 g/mol. The fraction of sp³-hybridized carbons (Fsp3) is 0.200. The minimum atomic E-state index is -3.15. The molecule has 112 valence electrons. The van der Waals surface area contributed by atoms with Crippen molar-refractivity contribution in [3.63, 3.8) is 0 Å². The Balaban J connectivity index is 1.96. The second-order valence-corrected chi connectivity index (χ2v) is 7.64. The maximum atomic E-state index is 11.4. The molecule has 0 unspecified atom stereocenters. The molecular formula is C15H16BrNO3S. The van der Waals surface area contributed by atoms with E-state index in [1.165, 1.54) is 6.26 Å². The first kappa shape index (κ1) is 16.0. The lowest BCUT2D eigenvalue weighted by Gasteiger charge is -2.08. The van der Waals surface area contributed by atoms with E-state index >= 15 is 0 Å². The lowest BCUT2D eigenvalue weighted by molar-refractivity contribution is 0.461. The molecule has 0 aliphatic rings. The van der Waals surface area contributed by atoms with Crippen LogP contribution in [0.2, 0.25) is 0 Å². The highest BCUT2D eigenvalue weighted by atomic mass is 79.9. The zero-order chi connectivity index (χ0) is 15.5. The molecule has 4 nitrogen and oxygen atoms in total. The topological polar surface area (TPSA) is 66.4 Å². The number of hydrogen-bond acceptors (Lipinski definition) is 4. The number of phenolic OH excluding ortho intramolecular Hbond substituents is 1. The van der Waals surface area contributed by atoms with Gasteiger partial charge in [-0.2, -0.15) is 0 Å². The predicted octanol–water partition coefficient (Wildman–Crippen LogP) is 2.85. The van der Waals surface area contributed by atoms with Gasteiger partial charge in [-0.1, -0.05) is 24.3 Å². The summed E-state index contributed by atoms with van der Waals surface area (Å²) in [7, 11) is -3.15. The van der Waals surface area contributed by atoms with Crippen molar-refractivity contribution in [2.45, 2.75) is 18.0 Å². The summed E-state index contributed by atoms with van der Waals surface area (Å²) in [6, 6.07) is 12.3. The molecule has 0 bridgehead atoms. The summed E-state index contributed by atoms with van der Waals surface area (Å²) < 4.78 is 23.4. The largest absolute Gasteiger partial charge is 0.506 e. The SMILES string of the molecule is CS(=O)(=O)c1ccc(CNCc2cccc(Br)c2O)cc1. The van der Waals surface area contributed by atoms with E-state index in [0.29, 0.717) is 22.5 Å². The third-order valence-corrected chi connectivity index (χ3v) is 4.83. The first-order valence-corrected chi connectivity index (χ1v) is 9.02. The number of rotatable bonds is 5. The first-order valence-electron chi connectivity index (χ1n) is 6.34. The minimum Gasteiger partial charge on any atom is -0.506 e. The molecule has 2 aromatic rings. The molecule has 6 heteroatoms. The van der Waals surface area contributed by atoms with Gasteiger partial charge in [0.05, 0.1) is 9.37 Å². The van der Waals surface area contributed by atoms with Crippen molar-refractivity contribution in [1.82, 2.24) is 5.32 Å². The molecule has 0 fully saturated rings. The number of para-hydroxylation sites is 1. The zero-order valence-corrected chi connectivity index (χ0v) is 13.9. The van der Waals surface area contributed by atoms with Gasteiger partial charge in [-0.25, -0.2) is 8.42 Å². The van der Waals surface area contributed by atoms with Crippen LogP contribution in [0.15, 0.2) is 51.8 Å². The van der Waals surface area contributed by atoms with Gasteiger partial charge in [0.1, 0.15) is 5.75 Å². The number of phenols is 1. The van der Waals surface area contributed by atoms with E-state index in [2.05, 4.69) is 21.2 Å². The van der Waals surface area contributed by atoms with E-state index in [9.17, 15) is 13.5 Å². The summed E-state index contributed by atoms with van der Waals surface area (Å²) >= 11 is 3.27. The number of sulfone groups is 1. The Kier molecular flexibility index (Phi) is 5.03. The molecule has 0 aromatic heterocycles. The Morgan fingerprint density at radius 2 is 1.76 bits per heavy atom. The summed E-state index contributed by atoms with van der Waals surface area (Å²) in [5.41, 5.74) is 1.79. The van der Waals surface area contributed by atoms with Gasteiger partial charge < -0.3 is 10.4 Å². The summed E-state index contributed by atoms with van der Waals surface area (Å²) in [5, 5.41) is 13.1. The van der Waals surface area contributed by atoms with Gasteiger partial charge in [0.15, 0.2) is 9.84 Å². The van der Waals surface area contributed by atoms with E-state index in [1.54, 1.807) is 30.3 Å². The standard InChI is InChI=1S/C15H16BrNO3S/c1-21(19,20)13-7-5-11(6-8-13)9-17-10-12-3-2-4-14(16)15(12)18/h2-8,17-18H,9-10H2,1H3. The van der Waals surface area contributed by atoms with Crippen LogP contribution < -0.4 is 5.32 Å². The summed E-state index contributed by atoms with van der Waals surface area (Å²) in [5.74, 6) is 0.234. The van der Waals surface area contributed by atoms with Gasteiger partial charge in [-0.15, -0.1) is 0 Å². The van der Waals surface area contributed by atoms with Crippen molar-refractivity contribution in [1.29, 1.82) is 0 Å². The molecule has 0 aliphatic heterocycles. The van der Waals surface area contributed by atoms with E-state index in [1.807, 2.05) is 12.1 Å². The second-order valence-electron chi connectivity index (χ2n) is 4.77. The van der Waals surface area contributed by atoms with Crippen LogP contribution >= 0.6 is 15.9 Å². The molecule has 0 heterocycles. The van der Waals surface area contributed by atoms with Gasteiger partial charge in [-0.05, 0) is 39.7 Å². The van der Waals surface area contributed by atoms with Crippen LogP contribution in [-0.2, 0) is 22.9 Å². The Morgan fingerprint density at radius 3 is 2.38 bits per heavy atom. The monoisotopic (exact) mass is 369 g/mol. The smallest absolute Gasteiger partial charge is 0.175 e. The number of hydrogen-bond donors (Lipinski definition) is 2. The number of halogens is 1. The van der Waals surface area contributed by atoms with Crippen molar-refractivity contribution in [2.24, 2.45) is 0 Å². The molecule has 0 saturated carbocycles. The normalized spacial score (nSPS) is 11.5. The molecule has 0 amide bonds. The summed E-state index contributed by atoms with van der Waals surface area (Å²) in [4.78, 5) is 0.316. The minimum absolute atomic E-state index is 0.234. The third-order valence-electron chi connectivity index (χ3n) is 3.07. The summed E-state index contributed by atoms with van der Waals surface area (Å²) in [6.45, 7) is 1.12. The van der Waals surface area contributed by atoms with E-state index in [0.717, 1.165) is 11.1 Å². The van der Waals surface area contributed by atoms with Gasteiger partial charge in [-0.3, -0.25) is 0 Å². The van der Waals surface area contributed by atoms with Crippen LogP contribution in [0.1, 0.15) is 11.1 Å². The van der Waals surface area contributed by atoms with Crippen molar-refractivity contribution in [3.05, 3.63) is 58.1 Å². The Hall–Kier alpha value is -1.37. The highest BCUT2D eigenvalue weighted by molar-refractivity contribution is 9.10. The number of nitrogens with one attached hydrogen (secondary N) is 1. The molecular weight excluding hydrogens is 354 g/mol. The Labute approximate surface area is 132 Å².